The maximum absolute atomic E-state index is 13.5. The van der Waals surface area contributed by atoms with Crippen LogP contribution in [0.1, 0.15) is 22.2 Å². The zero-order valence-electron chi connectivity index (χ0n) is 8.04. The molecule has 0 fully saturated rings. The van der Waals surface area contributed by atoms with Crippen LogP contribution in [0.3, 0.4) is 0 Å². The average molecular weight is 247 g/mol. The topological polar surface area (TPSA) is 90.7 Å². The zero-order valence-corrected chi connectivity index (χ0v) is 8.93. The second kappa shape index (κ2) is 5.24. The number of carbonyl (C=O) groups is 1. The Morgan fingerprint density at radius 3 is 2.69 bits per heavy atom. The Kier molecular flexibility index (Phi) is 4.22. The SMILES string of the molecule is O=C(O)c1ccnc(C(O)C(O)CS)c1F. The Bertz CT molecular complexity index is 401. The highest BCUT2D eigenvalue weighted by atomic mass is 32.1. The van der Waals surface area contributed by atoms with Gasteiger partial charge < -0.3 is 15.3 Å². The summed E-state index contributed by atoms with van der Waals surface area (Å²) in [7, 11) is 0. The van der Waals surface area contributed by atoms with Crippen molar-refractivity contribution < 1.29 is 24.5 Å². The van der Waals surface area contributed by atoms with Gasteiger partial charge in [0.2, 0.25) is 0 Å². The first-order valence-corrected chi connectivity index (χ1v) is 4.97. The van der Waals surface area contributed by atoms with E-state index in [-0.39, 0.29) is 5.75 Å². The Balaban J connectivity index is 3.15. The number of carboxylic acid groups (broad SMARTS) is 1. The molecule has 1 heterocycles. The summed E-state index contributed by atoms with van der Waals surface area (Å²) < 4.78 is 13.5. The van der Waals surface area contributed by atoms with Crippen LogP contribution in [0.4, 0.5) is 4.39 Å². The fourth-order valence-electron chi connectivity index (χ4n) is 1.11. The van der Waals surface area contributed by atoms with E-state index in [9.17, 15) is 19.4 Å². The molecule has 0 amide bonds. The Labute approximate surface area is 96.0 Å². The van der Waals surface area contributed by atoms with Crippen LogP contribution in [0.2, 0.25) is 0 Å². The quantitative estimate of drug-likeness (QED) is 0.572. The van der Waals surface area contributed by atoms with Gasteiger partial charge in [0.05, 0.1) is 11.7 Å². The van der Waals surface area contributed by atoms with Gasteiger partial charge in [-0.2, -0.15) is 12.6 Å². The van der Waals surface area contributed by atoms with Gasteiger partial charge in [0.1, 0.15) is 11.8 Å². The van der Waals surface area contributed by atoms with Crippen LogP contribution < -0.4 is 0 Å². The number of hydrogen-bond acceptors (Lipinski definition) is 5. The zero-order chi connectivity index (χ0) is 12.3. The lowest BCUT2D eigenvalue weighted by Gasteiger charge is -2.16. The van der Waals surface area contributed by atoms with Gasteiger partial charge in [-0.25, -0.2) is 9.18 Å². The third-order valence-corrected chi connectivity index (χ3v) is 2.35. The molecule has 16 heavy (non-hydrogen) atoms. The Morgan fingerprint density at radius 2 is 2.19 bits per heavy atom. The van der Waals surface area contributed by atoms with Crippen molar-refractivity contribution in [3.63, 3.8) is 0 Å². The number of hydrogen-bond donors (Lipinski definition) is 4. The molecule has 0 saturated heterocycles. The molecule has 3 N–H and O–H groups in total. The van der Waals surface area contributed by atoms with Crippen molar-refractivity contribution in [2.45, 2.75) is 12.2 Å². The fourth-order valence-corrected chi connectivity index (χ4v) is 1.31. The average Bonchev–Trinajstić information content (AvgIpc) is 2.27. The minimum Gasteiger partial charge on any atom is -0.478 e. The molecule has 5 nitrogen and oxygen atoms in total. The first-order valence-electron chi connectivity index (χ1n) is 4.33. The lowest BCUT2D eigenvalue weighted by Crippen LogP contribution is -2.22. The summed E-state index contributed by atoms with van der Waals surface area (Å²) in [6, 6.07) is 0.973. The number of carboxylic acids is 1. The van der Waals surface area contributed by atoms with Crippen LogP contribution in [-0.2, 0) is 0 Å². The van der Waals surface area contributed by atoms with E-state index in [2.05, 4.69) is 17.6 Å². The molecule has 0 aliphatic carbocycles. The van der Waals surface area contributed by atoms with Gasteiger partial charge in [-0.3, -0.25) is 4.98 Å². The predicted octanol–water partition coefficient (Wildman–Crippen LogP) is 0.243. The van der Waals surface area contributed by atoms with E-state index in [1.165, 1.54) is 0 Å². The largest absolute Gasteiger partial charge is 0.478 e. The van der Waals surface area contributed by atoms with Crippen LogP contribution in [0.25, 0.3) is 0 Å². The number of aliphatic hydroxyl groups is 2. The standard InChI is InChI=1S/C9H10FNO4S/c10-6-4(9(14)15)1-2-11-7(6)8(13)5(12)3-16/h1-2,5,8,12-13,16H,3H2,(H,14,15). The minimum absolute atomic E-state index is 0.0976. The summed E-state index contributed by atoms with van der Waals surface area (Å²) in [5.41, 5.74) is -1.10. The second-order valence-corrected chi connectivity index (χ2v) is 3.42. The maximum atomic E-state index is 13.5. The van der Waals surface area contributed by atoms with E-state index >= 15 is 0 Å². The van der Waals surface area contributed by atoms with Crippen LogP contribution in [-0.4, -0.2) is 38.1 Å². The van der Waals surface area contributed by atoms with Gasteiger partial charge in [0.15, 0.2) is 5.82 Å². The summed E-state index contributed by atoms with van der Waals surface area (Å²) in [5.74, 6) is -2.71. The lowest BCUT2D eigenvalue weighted by molar-refractivity contribution is 0.0283. The number of aliphatic hydroxyl groups excluding tert-OH is 2. The van der Waals surface area contributed by atoms with Gasteiger partial charge in [-0.15, -0.1) is 0 Å². The molecule has 7 heteroatoms. The molecular weight excluding hydrogens is 237 g/mol. The van der Waals surface area contributed by atoms with Crippen LogP contribution in [0.5, 0.6) is 0 Å². The Hall–Kier alpha value is -1.18. The summed E-state index contributed by atoms with van der Waals surface area (Å²) in [4.78, 5) is 14.1. The van der Waals surface area contributed by atoms with Gasteiger partial charge in [0.25, 0.3) is 0 Å². The van der Waals surface area contributed by atoms with Crippen molar-refractivity contribution >= 4 is 18.6 Å². The molecule has 2 unspecified atom stereocenters. The van der Waals surface area contributed by atoms with Crippen molar-refractivity contribution in [3.05, 3.63) is 29.3 Å². The van der Waals surface area contributed by atoms with Crippen LogP contribution in [0.15, 0.2) is 12.3 Å². The van der Waals surface area contributed by atoms with Crippen molar-refractivity contribution in [1.29, 1.82) is 0 Å². The van der Waals surface area contributed by atoms with E-state index in [0.29, 0.717) is 0 Å². The molecule has 0 bridgehead atoms. The third kappa shape index (κ3) is 2.49. The summed E-state index contributed by atoms with van der Waals surface area (Å²) in [6.45, 7) is 0. The van der Waals surface area contributed by atoms with Gasteiger partial charge in [-0.1, -0.05) is 0 Å². The molecule has 88 valence electrons. The normalized spacial score (nSPS) is 14.5. The Morgan fingerprint density at radius 1 is 1.56 bits per heavy atom. The number of aromatic nitrogens is 1. The molecule has 0 aliphatic rings. The minimum atomic E-state index is -1.60. The fraction of sp³-hybridized carbons (Fsp3) is 0.333. The van der Waals surface area contributed by atoms with Crippen LogP contribution >= 0.6 is 12.6 Å². The predicted molar refractivity (Wildman–Crippen MR) is 56.0 cm³/mol. The first kappa shape index (κ1) is 12.9. The molecule has 2 atom stereocenters. The summed E-state index contributed by atoms with van der Waals surface area (Å²) in [5, 5.41) is 27.4. The van der Waals surface area contributed by atoms with Crippen molar-refractivity contribution in [1.82, 2.24) is 4.98 Å². The van der Waals surface area contributed by atoms with Crippen LogP contribution in [0, 0.1) is 5.82 Å². The number of rotatable bonds is 4. The number of aromatic carboxylic acids is 1. The van der Waals surface area contributed by atoms with E-state index in [1.54, 1.807) is 0 Å². The highest BCUT2D eigenvalue weighted by molar-refractivity contribution is 7.80. The molecule has 0 aliphatic heterocycles. The van der Waals surface area contributed by atoms with Gasteiger partial charge in [-0.05, 0) is 6.07 Å². The highest BCUT2D eigenvalue weighted by Gasteiger charge is 2.25. The number of halogens is 1. The molecular formula is C9H10FNO4S. The van der Waals surface area contributed by atoms with Crippen molar-refractivity contribution in [3.8, 4) is 0 Å². The van der Waals surface area contributed by atoms with Crippen molar-refractivity contribution in [2.75, 3.05) is 5.75 Å². The molecule has 0 saturated carbocycles. The number of nitrogens with zero attached hydrogens (tertiary/aromatic N) is 1. The second-order valence-electron chi connectivity index (χ2n) is 3.06. The smallest absolute Gasteiger partial charge is 0.338 e. The van der Waals surface area contributed by atoms with Gasteiger partial charge in [0, 0.05) is 11.9 Å². The maximum Gasteiger partial charge on any atom is 0.338 e. The van der Waals surface area contributed by atoms with E-state index in [4.69, 9.17) is 5.11 Å². The lowest BCUT2D eigenvalue weighted by atomic mass is 10.1. The monoisotopic (exact) mass is 247 g/mol. The molecule has 0 radical (unpaired) electrons. The third-order valence-electron chi connectivity index (χ3n) is 1.98. The number of pyridine rings is 1. The molecule has 0 spiro atoms. The first-order chi connectivity index (χ1) is 7.49. The molecule has 0 aromatic carbocycles. The number of thiol groups is 1. The van der Waals surface area contributed by atoms with Crippen molar-refractivity contribution in [2.24, 2.45) is 0 Å². The van der Waals surface area contributed by atoms with Gasteiger partial charge >= 0.3 is 5.97 Å². The van der Waals surface area contributed by atoms with E-state index in [0.717, 1.165) is 12.3 Å². The molecule has 1 aromatic heterocycles. The molecule has 1 rings (SSSR count). The molecule has 1 aromatic rings. The van der Waals surface area contributed by atoms with E-state index < -0.39 is 35.3 Å². The summed E-state index contributed by atoms with van der Waals surface area (Å²) >= 11 is 3.73. The highest BCUT2D eigenvalue weighted by Crippen LogP contribution is 2.20. The summed E-state index contributed by atoms with van der Waals surface area (Å²) in [6.07, 6.45) is -1.86. The van der Waals surface area contributed by atoms with E-state index in [1.807, 2.05) is 0 Å².